The van der Waals surface area contributed by atoms with Gasteiger partial charge in [-0.3, -0.25) is 5.10 Å². The van der Waals surface area contributed by atoms with Crippen LogP contribution in [0.1, 0.15) is 5.56 Å². The monoisotopic (exact) mass is 242 g/mol. The van der Waals surface area contributed by atoms with Crippen molar-refractivity contribution in [1.29, 1.82) is 0 Å². The number of benzene rings is 1. The fraction of sp³-hybridized carbons (Fsp3) is 0.167. The lowest BCUT2D eigenvalue weighted by molar-refractivity contribution is 0.928. The van der Waals surface area contributed by atoms with E-state index >= 15 is 0 Å². The average molecular weight is 242 g/mol. The predicted octanol–water partition coefficient (Wildman–Crippen LogP) is 1.49. The fourth-order valence-electron chi connectivity index (χ4n) is 1.94. The summed E-state index contributed by atoms with van der Waals surface area (Å²) in [6.07, 6.45) is 1.71. The molecular weight excluding hydrogens is 228 g/mol. The zero-order chi connectivity index (χ0) is 12.5. The van der Waals surface area contributed by atoms with Crippen LogP contribution in [-0.4, -0.2) is 19.7 Å². The van der Waals surface area contributed by atoms with Crippen LogP contribution >= 0.6 is 0 Å². The molecule has 6 nitrogen and oxygen atoms in total. The van der Waals surface area contributed by atoms with Crippen molar-refractivity contribution in [3.8, 4) is 0 Å². The summed E-state index contributed by atoms with van der Waals surface area (Å²) < 4.78 is 2.02. The molecule has 3 aromatic rings. The van der Waals surface area contributed by atoms with Gasteiger partial charge in [-0.2, -0.15) is 5.10 Å². The number of imidazole rings is 1. The average Bonchev–Trinajstić information content (AvgIpc) is 2.92. The summed E-state index contributed by atoms with van der Waals surface area (Å²) in [6, 6.07) is 8.02. The number of fused-ring (bicyclic) bond motifs is 1. The zero-order valence-electron chi connectivity index (χ0n) is 10.0. The van der Waals surface area contributed by atoms with Crippen LogP contribution in [0.15, 0.2) is 30.5 Å². The number of anilines is 2. The van der Waals surface area contributed by atoms with Gasteiger partial charge in [0.05, 0.1) is 17.2 Å². The third-order valence-electron chi connectivity index (χ3n) is 2.98. The van der Waals surface area contributed by atoms with Gasteiger partial charge in [0.25, 0.3) is 0 Å². The van der Waals surface area contributed by atoms with E-state index in [0.29, 0.717) is 12.4 Å². The Labute approximate surface area is 104 Å². The Bertz CT molecular complexity index is 681. The van der Waals surface area contributed by atoms with Crippen molar-refractivity contribution in [2.75, 3.05) is 11.1 Å². The Morgan fingerprint density at radius 2 is 2.22 bits per heavy atom. The Morgan fingerprint density at radius 1 is 1.39 bits per heavy atom. The number of nitrogen functional groups attached to an aromatic ring is 1. The first kappa shape index (κ1) is 10.6. The van der Waals surface area contributed by atoms with E-state index in [-0.39, 0.29) is 0 Å². The van der Waals surface area contributed by atoms with E-state index in [9.17, 15) is 0 Å². The van der Waals surface area contributed by atoms with Crippen molar-refractivity contribution >= 4 is 22.8 Å². The van der Waals surface area contributed by atoms with Crippen LogP contribution in [0, 0.1) is 0 Å². The quantitative estimate of drug-likeness (QED) is 0.649. The van der Waals surface area contributed by atoms with Crippen molar-refractivity contribution < 1.29 is 0 Å². The van der Waals surface area contributed by atoms with Crippen LogP contribution in [-0.2, 0) is 13.6 Å². The molecule has 0 amide bonds. The lowest BCUT2D eigenvalue weighted by atomic mass is 10.3. The van der Waals surface area contributed by atoms with Crippen molar-refractivity contribution in [3.05, 3.63) is 36.0 Å². The molecule has 0 bridgehead atoms. The normalized spacial score (nSPS) is 10.9. The Hall–Kier alpha value is -2.50. The lowest BCUT2D eigenvalue weighted by Gasteiger charge is -2.05. The smallest absolute Gasteiger partial charge is 0.203 e. The number of para-hydroxylation sites is 2. The third-order valence-corrected chi connectivity index (χ3v) is 2.98. The molecule has 0 atom stereocenters. The van der Waals surface area contributed by atoms with Crippen molar-refractivity contribution in [2.24, 2.45) is 7.05 Å². The number of H-pyrrole nitrogens is 1. The maximum absolute atomic E-state index is 5.73. The van der Waals surface area contributed by atoms with Gasteiger partial charge >= 0.3 is 0 Å². The van der Waals surface area contributed by atoms with Gasteiger partial charge in [0.2, 0.25) is 5.95 Å². The summed E-state index contributed by atoms with van der Waals surface area (Å²) in [4.78, 5) is 4.52. The van der Waals surface area contributed by atoms with Crippen LogP contribution in [0.4, 0.5) is 11.8 Å². The van der Waals surface area contributed by atoms with E-state index in [1.165, 1.54) is 0 Å². The molecule has 0 spiro atoms. The Morgan fingerprint density at radius 3 is 2.94 bits per heavy atom. The number of nitrogens with zero attached hydrogens (tertiary/aromatic N) is 3. The third kappa shape index (κ3) is 1.67. The van der Waals surface area contributed by atoms with Crippen LogP contribution in [0.25, 0.3) is 11.0 Å². The minimum absolute atomic E-state index is 0.585. The minimum atomic E-state index is 0.585. The molecule has 1 aromatic carbocycles. The first-order valence-electron chi connectivity index (χ1n) is 5.69. The van der Waals surface area contributed by atoms with Gasteiger partial charge in [-0.25, -0.2) is 4.98 Å². The molecule has 0 fully saturated rings. The van der Waals surface area contributed by atoms with Crippen LogP contribution < -0.4 is 11.1 Å². The van der Waals surface area contributed by atoms with E-state index in [2.05, 4.69) is 20.5 Å². The number of aryl methyl sites for hydroxylation is 1. The highest BCUT2D eigenvalue weighted by Crippen LogP contribution is 2.18. The molecule has 92 valence electrons. The molecule has 0 aliphatic carbocycles. The summed E-state index contributed by atoms with van der Waals surface area (Å²) >= 11 is 0. The van der Waals surface area contributed by atoms with Crippen molar-refractivity contribution in [1.82, 2.24) is 19.7 Å². The molecule has 0 unspecified atom stereocenters. The summed E-state index contributed by atoms with van der Waals surface area (Å²) in [5.41, 5.74) is 8.74. The van der Waals surface area contributed by atoms with E-state index in [1.54, 1.807) is 6.20 Å². The molecule has 0 saturated carbocycles. The molecule has 0 radical (unpaired) electrons. The van der Waals surface area contributed by atoms with Gasteiger partial charge in [-0.15, -0.1) is 0 Å². The van der Waals surface area contributed by atoms with Gasteiger partial charge < -0.3 is 15.6 Å². The first-order valence-corrected chi connectivity index (χ1v) is 5.69. The molecule has 0 aliphatic heterocycles. The van der Waals surface area contributed by atoms with Gasteiger partial charge in [0.15, 0.2) is 0 Å². The molecule has 0 saturated heterocycles. The van der Waals surface area contributed by atoms with Crippen LogP contribution in [0.5, 0.6) is 0 Å². The number of nitrogens with two attached hydrogens (primary N) is 1. The molecule has 0 aliphatic rings. The van der Waals surface area contributed by atoms with E-state index in [4.69, 9.17) is 5.73 Å². The molecule has 18 heavy (non-hydrogen) atoms. The maximum Gasteiger partial charge on any atom is 0.203 e. The second kappa shape index (κ2) is 4.06. The standard InChI is InChI=1S/C12H14N6/c1-18-10-5-3-2-4-9(10)16-12(18)14-6-8-7-15-17-11(8)13/h2-5,7H,6H2,1H3,(H,14,16)(H3,13,15,17). The molecule has 2 aromatic heterocycles. The summed E-state index contributed by atoms with van der Waals surface area (Å²) in [5, 5.41) is 9.85. The summed E-state index contributed by atoms with van der Waals surface area (Å²) in [7, 11) is 1.98. The van der Waals surface area contributed by atoms with E-state index < -0.39 is 0 Å². The number of rotatable bonds is 3. The van der Waals surface area contributed by atoms with Crippen LogP contribution in [0.2, 0.25) is 0 Å². The molecule has 4 N–H and O–H groups in total. The fourth-order valence-corrected chi connectivity index (χ4v) is 1.94. The van der Waals surface area contributed by atoms with Gasteiger partial charge in [0.1, 0.15) is 5.82 Å². The van der Waals surface area contributed by atoms with Crippen LogP contribution in [0.3, 0.4) is 0 Å². The van der Waals surface area contributed by atoms with Gasteiger partial charge in [-0.05, 0) is 12.1 Å². The zero-order valence-corrected chi connectivity index (χ0v) is 10.0. The molecule has 6 heteroatoms. The number of nitrogens with one attached hydrogen (secondary N) is 2. The minimum Gasteiger partial charge on any atom is -0.384 e. The second-order valence-corrected chi connectivity index (χ2v) is 4.15. The molecular formula is C12H14N6. The highest BCUT2D eigenvalue weighted by atomic mass is 15.2. The van der Waals surface area contributed by atoms with E-state index in [1.807, 2.05) is 35.9 Å². The van der Waals surface area contributed by atoms with Crippen molar-refractivity contribution in [2.45, 2.75) is 6.54 Å². The Balaban J connectivity index is 1.87. The highest BCUT2D eigenvalue weighted by Gasteiger charge is 2.07. The Kier molecular flexibility index (Phi) is 2.40. The number of aromatic nitrogens is 4. The summed E-state index contributed by atoms with van der Waals surface area (Å²) in [6.45, 7) is 0.597. The largest absolute Gasteiger partial charge is 0.384 e. The first-order chi connectivity index (χ1) is 8.75. The van der Waals surface area contributed by atoms with E-state index in [0.717, 1.165) is 22.5 Å². The second-order valence-electron chi connectivity index (χ2n) is 4.15. The number of aromatic amines is 1. The topological polar surface area (TPSA) is 84.5 Å². The molecule has 2 heterocycles. The van der Waals surface area contributed by atoms with Crippen molar-refractivity contribution in [3.63, 3.8) is 0 Å². The van der Waals surface area contributed by atoms with Gasteiger partial charge in [0, 0.05) is 19.2 Å². The lowest BCUT2D eigenvalue weighted by Crippen LogP contribution is -2.05. The SMILES string of the molecule is Cn1c(NCc2cn[nH]c2N)nc2ccccc21. The number of hydrogen-bond acceptors (Lipinski definition) is 4. The summed E-state index contributed by atoms with van der Waals surface area (Å²) in [5.74, 6) is 1.40. The molecule has 3 rings (SSSR count). The maximum atomic E-state index is 5.73. The predicted molar refractivity (Wildman–Crippen MR) is 71.0 cm³/mol. The number of hydrogen-bond donors (Lipinski definition) is 3. The highest BCUT2D eigenvalue weighted by molar-refractivity contribution is 5.78. The van der Waals surface area contributed by atoms with Gasteiger partial charge in [-0.1, -0.05) is 12.1 Å².